The Morgan fingerprint density at radius 1 is 0.828 bits per heavy atom. The van der Waals surface area contributed by atoms with Gasteiger partial charge in [0.15, 0.2) is 5.79 Å². The number of rotatable bonds is 12. The van der Waals surface area contributed by atoms with Gasteiger partial charge in [0.1, 0.15) is 0 Å². The molecule has 1 aliphatic heterocycles. The number of hydrogen-bond donors (Lipinski definition) is 4. The summed E-state index contributed by atoms with van der Waals surface area (Å²) in [6.07, 6.45) is 21.2. The summed E-state index contributed by atoms with van der Waals surface area (Å²) in [4.78, 5) is 13.6. The molecule has 8 aliphatic carbocycles. The van der Waals surface area contributed by atoms with Crippen LogP contribution in [0.3, 0.4) is 0 Å². The summed E-state index contributed by atoms with van der Waals surface area (Å²) in [5.41, 5.74) is -1.50. The van der Waals surface area contributed by atoms with Crippen molar-refractivity contribution in [2.75, 3.05) is 20.3 Å². The second-order valence-corrected chi connectivity index (χ2v) is 25.1. The van der Waals surface area contributed by atoms with Gasteiger partial charge in [-0.25, -0.2) is 0 Å². The van der Waals surface area contributed by atoms with Crippen LogP contribution < -0.4 is 0 Å². The van der Waals surface area contributed by atoms with Gasteiger partial charge >= 0.3 is 5.97 Å². The van der Waals surface area contributed by atoms with E-state index in [2.05, 4.69) is 70.7 Å². The lowest BCUT2D eigenvalue weighted by molar-refractivity contribution is -0.380. The Morgan fingerprint density at radius 2 is 1.55 bits per heavy atom. The number of fused-ring (bicyclic) bond motifs is 2. The van der Waals surface area contributed by atoms with Crippen molar-refractivity contribution in [3.8, 4) is 11.8 Å². The Hall–Kier alpha value is -1.95. The smallest absolute Gasteiger partial charge is 0.309 e. The third-order valence-electron chi connectivity index (χ3n) is 23.4. The van der Waals surface area contributed by atoms with Gasteiger partial charge in [0.25, 0.3) is 0 Å². The molecule has 64 heavy (non-hydrogen) atoms. The van der Waals surface area contributed by atoms with Crippen LogP contribution in [0.25, 0.3) is 0 Å². The fourth-order valence-corrected chi connectivity index (χ4v) is 20.5. The molecule has 354 valence electrons. The summed E-state index contributed by atoms with van der Waals surface area (Å²) in [6.45, 7) is 12.5. The van der Waals surface area contributed by atoms with E-state index in [0.29, 0.717) is 24.9 Å². The Kier molecular flexibility index (Phi) is 11.3. The average Bonchev–Trinajstić information content (AvgIpc) is 3.85. The highest BCUT2D eigenvalue weighted by atomic mass is 16.6. The second kappa shape index (κ2) is 15.8. The first-order valence-electron chi connectivity index (χ1n) is 26.5. The first-order chi connectivity index (χ1) is 30.5. The molecule has 7 saturated carbocycles. The largest absolute Gasteiger partial charge is 0.481 e. The number of carbonyl (C=O) groups is 1. The van der Waals surface area contributed by atoms with E-state index in [9.17, 15) is 25.2 Å². The summed E-state index contributed by atoms with van der Waals surface area (Å²) in [5.74, 6) is 8.17. The quantitative estimate of drug-likeness (QED) is 0.155. The maximum absolute atomic E-state index is 13.6. The third kappa shape index (κ3) is 5.74. The molecule has 0 amide bonds. The van der Waals surface area contributed by atoms with Crippen molar-refractivity contribution in [1.82, 2.24) is 0 Å². The number of benzene rings is 1. The lowest BCUT2D eigenvalue weighted by Gasteiger charge is -2.84. The number of ether oxygens (including phenoxy) is 2. The summed E-state index contributed by atoms with van der Waals surface area (Å²) in [7, 11) is 1.74. The molecule has 4 bridgehead atoms. The molecule has 7 heteroatoms. The maximum atomic E-state index is 13.6. The maximum Gasteiger partial charge on any atom is 0.309 e. The van der Waals surface area contributed by atoms with Crippen molar-refractivity contribution in [2.24, 2.45) is 78.8 Å². The molecule has 0 radical (unpaired) electrons. The minimum Gasteiger partial charge on any atom is -0.481 e. The molecule has 7 nitrogen and oxygen atoms in total. The number of carboxylic acids is 1. The summed E-state index contributed by atoms with van der Waals surface area (Å²) in [6, 6.07) is 8.82. The van der Waals surface area contributed by atoms with E-state index >= 15 is 0 Å². The lowest BCUT2D eigenvalue weighted by Crippen LogP contribution is -2.82. The van der Waals surface area contributed by atoms with Gasteiger partial charge in [-0.1, -0.05) is 96.4 Å². The van der Waals surface area contributed by atoms with Crippen molar-refractivity contribution < 1.29 is 34.7 Å². The SMILES string of the molecule is CCC[C@@H]1[C@@]23CC[C@]45C#CC[C@H](CCC6CCCC6)CC[C@]67[C@@H](CC[C@H]8[C@@H]6[C@@](C)(CC[C@@]74C)CC[C@@]8(C)C(=O)O)C[C@@]5(C)[C@]2(CO)[C@@H](O)C[C@]1(O)O[C@H]3Cc1ccc(CCOC)cc1. The Bertz CT molecular complexity index is 2000. The van der Waals surface area contributed by atoms with Crippen LogP contribution in [0.4, 0.5) is 0 Å². The first-order valence-corrected chi connectivity index (χ1v) is 26.5. The van der Waals surface area contributed by atoms with E-state index in [1.807, 2.05) is 0 Å². The van der Waals surface area contributed by atoms with Crippen LogP contribution in [0, 0.1) is 90.7 Å². The standard InChI is InChI=1S/C57H84O7/c1-7-11-44-55-32-31-53-25-10-14-39(16-15-38-12-8-9-13-38)23-26-54-42(21-22-43-47(54)49(2,28-30-51(53,54)4)27-29-50(43,3)48(60)61)35-52(53,5)56(55,37-58)45(59)36-57(44,62)64-46(55)34-41-19-17-40(18-20-41)24-33-63-6/h17-20,38-39,42-47,58-59,62H,7-9,11-16,21-24,26-37H2,1-6H3,(H,60,61)/t39-,42+,43+,44-,45+,46+,47-,49-,50-,51-,52-,53-,54+,55-,56+,57+/m1/s1. The number of aliphatic carboxylic acids is 1. The van der Waals surface area contributed by atoms with E-state index in [4.69, 9.17) is 9.47 Å². The fraction of sp³-hybridized carbons (Fsp3) is 0.842. The normalized spacial score (nSPS) is 50.2. The van der Waals surface area contributed by atoms with Crippen molar-refractivity contribution in [3.63, 3.8) is 0 Å². The molecule has 16 atom stereocenters. The molecule has 3 spiro atoms. The third-order valence-corrected chi connectivity index (χ3v) is 23.4. The minimum atomic E-state index is -1.48. The number of hydrogen-bond acceptors (Lipinski definition) is 6. The van der Waals surface area contributed by atoms with Crippen LogP contribution in [-0.4, -0.2) is 64.7 Å². The van der Waals surface area contributed by atoms with Gasteiger partial charge < -0.3 is 29.9 Å². The topological polar surface area (TPSA) is 116 Å². The van der Waals surface area contributed by atoms with Crippen LogP contribution in [0.1, 0.15) is 181 Å². The Labute approximate surface area is 386 Å². The van der Waals surface area contributed by atoms with Gasteiger partial charge in [-0.15, -0.1) is 5.92 Å². The van der Waals surface area contributed by atoms with E-state index in [-0.39, 0.29) is 53.1 Å². The van der Waals surface area contributed by atoms with Crippen LogP contribution in [0.2, 0.25) is 0 Å². The van der Waals surface area contributed by atoms with Crippen LogP contribution >= 0.6 is 0 Å². The van der Waals surface area contributed by atoms with Crippen molar-refractivity contribution >= 4 is 5.97 Å². The number of carboxylic acid groups (broad SMARTS) is 1. The fourth-order valence-electron chi connectivity index (χ4n) is 20.5. The molecule has 1 saturated heterocycles. The van der Waals surface area contributed by atoms with Gasteiger partial charge in [-0.2, -0.15) is 0 Å². The molecule has 9 aliphatic rings. The van der Waals surface area contributed by atoms with E-state index < -0.39 is 44.9 Å². The molecule has 4 N–H and O–H groups in total. The molecule has 0 aromatic heterocycles. The number of aliphatic hydroxyl groups excluding tert-OH is 2. The van der Waals surface area contributed by atoms with Crippen molar-refractivity contribution in [1.29, 1.82) is 0 Å². The average molecular weight is 881 g/mol. The van der Waals surface area contributed by atoms with Crippen LogP contribution in [-0.2, 0) is 27.1 Å². The van der Waals surface area contributed by atoms with Crippen molar-refractivity contribution in [2.45, 2.75) is 200 Å². The predicted molar refractivity (Wildman–Crippen MR) is 250 cm³/mol. The molecule has 0 unspecified atom stereocenters. The summed E-state index contributed by atoms with van der Waals surface area (Å²) < 4.78 is 12.5. The second-order valence-electron chi connectivity index (χ2n) is 25.1. The highest BCUT2D eigenvalue weighted by Gasteiger charge is 2.89. The Morgan fingerprint density at radius 3 is 2.25 bits per heavy atom. The highest BCUT2D eigenvalue weighted by molar-refractivity contribution is 5.75. The van der Waals surface area contributed by atoms with E-state index in [1.165, 1.54) is 44.1 Å². The van der Waals surface area contributed by atoms with Crippen LogP contribution in [0.5, 0.6) is 0 Å². The summed E-state index contributed by atoms with van der Waals surface area (Å²) in [5, 5.41) is 50.3. The molecule has 1 aromatic carbocycles. The molecule has 8 fully saturated rings. The van der Waals surface area contributed by atoms with Crippen LogP contribution in [0.15, 0.2) is 24.3 Å². The molecule has 1 aromatic rings. The number of aliphatic hydroxyl groups is 3. The van der Waals surface area contributed by atoms with E-state index in [0.717, 1.165) is 108 Å². The Balaban J connectivity index is 1.16. The minimum absolute atomic E-state index is 0.0642. The van der Waals surface area contributed by atoms with Gasteiger partial charge in [0.2, 0.25) is 0 Å². The van der Waals surface area contributed by atoms with Crippen molar-refractivity contribution in [3.05, 3.63) is 35.4 Å². The summed E-state index contributed by atoms with van der Waals surface area (Å²) >= 11 is 0. The molecular formula is C57H84O7. The van der Waals surface area contributed by atoms with Gasteiger partial charge in [-0.05, 0) is 166 Å². The highest BCUT2D eigenvalue weighted by Crippen LogP contribution is 2.90. The monoisotopic (exact) mass is 881 g/mol. The molecule has 1 heterocycles. The van der Waals surface area contributed by atoms with Gasteiger partial charge in [0.05, 0.1) is 30.8 Å². The van der Waals surface area contributed by atoms with Gasteiger partial charge in [0, 0.05) is 42.1 Å². The zero-order chi connectivity index (χ0) is 45.2. The first kappa shape index (κ1) is 45.8. The van der Waals surface area contributed by atoms with E-state index in [1.54, 1.807) is 7.11 Å². The zero-order valence-electron chi connectivity index (χ0n) is 40.6. The lowest BCUT2D eigenvalue weighted by atomic mass is 9.19. The number of methoxy groups -OCH3 is 1. The predicted octanol–water partition coefficient (Wildman–Crippen LogP) is 10.9. The molecule has 10 rings (SSSR count). The van der Waals surface area contributed by atoms with Gasteiger partial charge in [-0.3, -0.25) is 4.79 Å². The molecular weight excluding hydrogens is 797 g/mol. The zero-order valence-corrected chi connectivity index (χ0v) is 40.6.